The summed E-state index contributed by atoms with van der Waals surface area (Å²) in [5.41, 5.74) is -1.91. The van der Waals surface area contributed by atoms with Gasteiger partial charge >= 0.3 is 6.18 Å². The molecule has 0 spiro atoms. The standard InChI is InChI=1S/C21H21F3O2/c1-2-5-19-13-18(25)14-20(26-19,21(22,23)24)11-10-15-8-9-16-6-3-4-7-17(16)12-15/h3-4,6-12,19H,2,5,13-14H2,1H3/b11-10+/t19-,20?/m1/s1. The Morgan fingerprint density at radius 1 is 1.19 bits per heavy atom. The van der Waals surface area contributed by atoms with Crippen LogP contribution in [0.25, 0.3) is 16.8 Å². The number of Topliss-reactive ketones (excluding diaryl/α,β-unsaturated/α-hetero) is 1. The van der Waals surface area contributed by atoms with Crippen LogP contribution in [-0.2, 0) is 9.53 Å². The monoisotopic (exact) mass is 362 g/mol. The van der Waals surface area contributed by atoms with Crippen molar-refractivity contribution >= 4 is 22.6 Å². The molecule has 0 N–H and O–H groups in total. The first-order chi connectivity index (χ1) is 12.3. The van der Waals surface area contributed by atoms with Gasteiger partial charge in [-0.25, -0.2) is 0 Å². The highest BCUT2D eigenvalue weighted by atomic mass is 19.4. The Balaban J connectivity index is 1.94. The van der Waals surface area contributed by atoms with Crippen molar-refractivity contribution in [3.05, 3.63) is 54.1 Å². The van der Waals surface area contributed by atoms with Crippen molar-refractivity contribution < 1.29 is 22.7 Å². The number of ether oxygens (including phenoxy) is 1. The maximum atomic E-state index is 13.8. The number of alkyl halides is 3. The Kier molecular flexibility index (Phi) is 5.19. The van der Waals surface area contributed by atoms with E-state index in [1.165, 1.54) is 6.08 Å². The van der Waals surface area contributed by atoms with E-state index in [1.54, 1.807) is 6.07 Å². The molecule has 2 aromatic carbocycles. The smallest absolute Gasteiger partial charge is 0.357 e. The zero-order valence-electron chi connectivity index (χ0n) is 14.6. The number of carbonyl (C=O) groups excluding carboxylic acids is 1. The average Bonchev–Trinajstić information content (AvgIpc) is 2.59. The number of hydrogen-bond acceptors (Lipinski definition) is 2. The van der Waals surface area contributed by atoms with Gasteiger partial charge in [0.2, 0.25) is 0 Å². The second-order valence-electron chi connectivity index (χ2n) is 6.78. The summed E-state index contributed by atoms with van der Waals surface area (Å²) >= 11 is 0. The summed E-state index contributed by atoms with van der Waals surface area (Å²) in [5, 5.41) is 1.96. The SMILES string of the molecule is CCC[C@@H]1CC(=O)CC(/C=C/c2ccc3ccccc3c2)(C(F)(F)F)O1. The third-order valence-electron chi connectivity index (χ3n) is 4.70. The lowest BCUT2D eigenvalue weighted by Crippen LogP contribution is -2.53. The lowest BCUT2D eigenvalue weighted by molar-refractivity contribution is -0.278. The summed E-state index contributed by atoms with van der Waals surface area (Å²) in [6, 6.07) is 13.1. The first kappa shape index (κ1) is 18.6. The summed E-state index contributed by atoms with van der Waals surface area (Å²) < 4.78 is 46.9. The van der Waals surface area contributed by atoms with Crippen molar-refractivity contribution in [2.45, 2.75) is 50.5 Å². The molecule has 0 saturated carbocycles. The fourth-order valence-electron chi connectivity index (χ4n) is 3.38. The van der Waals surface area contributed by atoms with Gasteiger partial charge in [0.1, 0.15) is 5.78 Å². The number of ketones is 1. The van der Waals surface area contributed by atoms with Crippen LogP contribution in [0, 0.1) is 0 Å². The van der Waals surface area contributed by atoms with Crippen molar-refractivity contribution in [1.29, 1.82) is 0 Å². The molecule has 1 heterocycles. The highest BCUT2D eigenvalue weighted by Crippen LogP contribution is 2.43. The Bertz CT molecular complexity index is 825. The summed E-state index contributed by atoms with van der Waals surface area (Å²) in [7, 11) is 0. The average molecular weight is 362 g/mol. The van der Waals surface area contributed by atoms with E-state index in [9.17, 15) is 18.0 Å². The summed E-state index contributed by atoms with van der Waals surface area (Å²) in [5.74, 6) is -0.407. The van der Waals surface area contributed by atoms with E-state index < -0.39 is 30.1 Å². The minimum Gasteiger partial charge on any atom is -0.357 e. The van der Waals surface area contributed by atoms with Crippen molar-refractivity contribution in [1.82, 2.24) is 0 Å². The Morgan fingerprint density at radius 2 is 1.92 bits per heavy atom. The topological polar surface area (TPSA) is 26.3 Å². The minimum atomic E-state index is -4.65. The molecular weight excluding hydrogens is 341 g/mol. The zero-order valence-corrected chi connectivity index (χ0v) is 14.6. The van der Waals surface area contributed by atoms with Gasteiger partial charge in [-0.3, -0.25) is 4.79 Å². The molecule has 1 unspecified atom stereocenters. The summed E-state index contributed by atoms with van der Waals surface area (Å²) in [4.78, 5) is 12.0. The number of rotatable bonds is 4. The minimum absolute atomic E-state index is 0.0511. The molecule has 0 aliphatic carbocycles. The number of halogens is 3. The summed E-state index contributed by atoms with van der Waals surface area (Å²) in [6.45, 7) is 1.86. The molecule has 0 amide bonds. The van der Waals surface area contributed by atoms with Crippen LogP contribution in [0.5, 0.6) is 0 Å². The second kappa shape index (κ2) is 7.23. The Labute approximate surface area is 150 Å². The fourth-order valence-corrected chi connectivity index (χ4v) is 3.38. The largest absolute Gasteiger partial charge is 0.421 e. The first-order valence-corrected chi connectivity index (χ1v) is 8.77. The van der Waals surface area contributed by atoms with Crippen LogP contribution in [0.1, 0.15) is 38.2 Å². The molecule has 5 heteroatoms. The number of carbonyl (C=O) groups is 1. The van der Waals surface area contributed by atoms with Gasteiger partial charge in [-0.1, -0.05) is 55.8 Å². The third-order valence-corrected chi connectivity index (χ3v) is 4.70. The lowest BCUT2D eigenvalue weighted by Gasteiger charge is -2.39. The second-order valence-corrected chi connectivity index (χ2v) is 6.78. The van der Waals surface area contributed by atoms with E-state index in [4.69, 9.17) is 4.74 Å². The maximum absolute atomic E-state index is 13.8. The van der Waals surface area contributed by atoms with Crippen LogP contribution in [-0.4, -0.2) is 23.7 Å². The maximum Gasteiger partial charge on any atom is 0.421 e. The van der Waals surface area contributed by atoms with Crippen LogP contribution >= 0.6 is 0 Å². The molecule has 2 aromatic rings. The molecule has 1 aliphatic heterocycles. The van der Waals surface area contributed by atoms with Gasteiger partial charge in [0, 0.05) is 12.8 Å². The van der Waals surface area contributed by atoms with Gasteiger partial charge in [-0.05, 0) is 34.9 Å². The first-order valence-electron chi connectivity index (χ1n) is 8.77. The van der Waals surface area contributed by atoms with Crippen molar-refractivity contribution in [2.24, 2.45) is 0 Å². The highest BCUT2D eigenvalue weighted by Gasteiger charge is 2.58. The fraction of sp³-hybridized carbons (Fsp3) is 0.381. The van der Waals surface area contributed by atoms with Crippen molar-refractivity contribution in [3.8, 4) is 0 Å². The number of hydrogen-bond donors (Lipinski definition) is 0. The van der Waals surface area contributed by atoms with Gasteiger partial charge in [0.25, 0.3) is 0 Å². The van der Waals surface area contributed by atoms with Crippen LogP contribution in [0.2, 0.25) is 0 Å². The summed E-state index contributed by atoms with van der Waals surface area (Å²) in [6.07, 6.45) is -2.44. The van der Waals surface area contributed by atoms with E-state index in [0.717, 1.165) is 16.8 Å². The Hall–Kier alpha value is -2.14. The van der Waals surface area contributed by atoms with E-state index in [0.29, 0.717) is 18.4 Å². The molecule has 1 saturated heterocycles. The van der Waals surface area contributed by atoms with Crippen molar-refractivity contribution in [2.75, 3.05) is 0 Å². The molecule has 138 valence electrons. The molecule has 0 bridgehead atoms. The van der Waals surface area contributed by atoms with Crippen LogP contribution in [0.4, 0.5) is 13.2 Å². The van der Waals surface area contributed by atoms with E-state index in [-0.39, 0.29) is 6.42 Å². The predicted molar refractivity (Wildman–Crippen MR) is 95.8 cm³/mol. The van der Waals surface area contributed by atoms with Gasteiger partial charge < -0.3 is 4.74 Å². The van der Waals surface area contributed by atoms with Crippen molar-refractivity contribution in [3.63, 3.8) is 0 Å². The molecule has 1 aliphatic rings. The molecule has 26 heavy (non-hydrogen) atoms. The molecule has 2 atom stereocenters. The van der Waals surface area contributed by atoms with Crippen LogP contribution in [0.3, 0.4) is 0 Å². The molecule has 2 nitrogen and oxygen atoms in total. The van der Waals surface area contributed by atoms with E-state index in [2.05, 4.69) is 0 Å². The number of fused-ring (bicyclic) bond motifs is 1. The lowest BCUT2D eigenvalue weighted by atomic mass is 9.87. The third kappa shape index (κ3) is 3.83. The number of benzene rings is 2. The van der Waals surface area contributed by atoms with Gasteiger partial charge in [-0.15, -0.1) is 0 Å². The molecular formula is C21H21F3O2. The quantitative estimate of drug-likeness (QED) is 0.697. The van der Waals surface area contributed by atoms with Gasteiger partial charge in [0.15, 0.2) is 5.60 Å². The molecule has 1 fully saturated rings. The van der Waals surface area contributed by atoms with E-state index >= 15 is 0 Å². The normalized spacial score (nSPS) is 24.5. The Morgan fingerprint density at radius 3 is 2.62 bits per heavy atom. The zero-order chi connectivity index (χ0) is 18.8. The van der Waals surface area contributed by atoms with Crippen LogP contribution < -0.4 is 0 Å². The molecule has 3 rings (SSSR count). The van der Waals surface area contributed by atoms with E-state index in [1.807, 2.05) is 43.3 Å². The van der Waals surface area contributed by atoms with Gasteiger partial charge in [-0.2, -0.15) is 13.2 Å². The van der Waals surface area contributed by atoms with Crippen LogP contribution in [0.15, 0.2) is 48.5 Å². The highest BCUT2D eigenvalue weighted by molar-refractivity contribution is 5.85. The predicted octanol–water partition coefficient (Wildman–Crippen LogP) is 5.70. The molecule has 0 aromatic heterocycles. The molecule has 0 radical (unpaired) electrons. The van der Waals surface area contributed by atoms with Gasteiger partial charge in [0.05, 0.1) is 6.10 Å².